The van der Waals surface area contributed by atoms with E-state index in [1.54, 1.807) is 6.20 Å². The van der Waals surface area contributed by atoms with Crippen molar-refractivity contribution in [1.82, 2.24) is 24.8 Å². The lowest BCUT2D eigenvalue weighted by atomic mass is 9.92. The van der Waals surface area contributed by atoms with Gasteiger partial charge >= 0.3 is 0 Å². The van der Waals surface area contributed by atoms with Crippen LogP contribution in [-0.4, -0.2) is 44.5 Å². The van der Waals surface area contributed by atoms with Crippen LogP contribution in [-0.2, 0) is 0 Å². The smallest absolute Gasteiger partial charge is 0.158 e. The highest BCUT2D eigenvalue weighted by molar-refractivity contribution is 5.53. The summed E-state index contributed by atoms with van der Waals surface area (Å²) in [7, 11) is 0. The van der Waals surface area contributed by atoms with E-state index in [4.69, 9.17) is 0 Å². The molecule has 4 rings (SSSR count). The molecule has 1 aliphatic carbocycles. The molecule has 5 heteroatoms. The van der Waals surface area contributed by atoms with Crippen LogP contribution in [0, 0.1) is 12.8 Å². The van der Waals surface area contributed by atoms with Crippen molar-refractivity contribution in [2.45, 2.75) is 38.5 Å². The molecule has 1 unspecified atom stereocenters. The van der Waals surface area contributed by atoms with Crippen molar-refractivity contribution in [3.63, 3.8) is 0 Å². The maximum absolute atomic E-state index is 4.67. The molecular weight excluding hydrogens is 274 g/mol. The molecule has 0 aromatic carbocycles. The van der Waals surface area contributed by atoms with Gasteiger partial charge in [0.1, 0.15) is 5.69 Å². The number of hydrogen-bond donors (Lipinski definition) is 1. The molecule has 1 aliphatic heterocycles. The summed E-state index contributed by atoms with van der Waals surface area (Å²) < 4.78 is 0. The van der Waals surface area contributed by atoms with Crippen molar-refractivity contribution < 1.29 is 0 Å². The van der Waals surface area contributed by atoms with Gasteiger partial charge < -0.3 is 9.88 Å². The van der Waals surface area contributed by atoms with Crippen molar-refractivity contribution in [3.05, 3.63) is 30.0 Å². The Labute approximate surface area is 131 Å². The van der Waals surface area contributed by atoms with Crippen LogP contribution in [0.1, 0.15) is 43.0 Å². The first kappa shape index (κ1) is 13.9. The molecule has 0 spiro atoms. The quantitative estimate of drug-likeness (QED) is 0.942. The van der Waals surface area contributed by atoms with Gasteiger partial charge in [0.15, 0.2) is 5.82 Å². The van der Waals surface area contributed by atoms with E-state index in [2.05, 4.69) is 24.8 Å². The number of H-pyrrole nitrogens is 1. The van der Waals surface area contributed by atoms with Crippen molar-refractivity contribution in [1.29, 1.82) is 0 Å². The molecule has 5 nitrogen and oxygen atoms in total. The Bertz CT molecular complexity index is 646. The molecule has 2 aliphatic rings. The van der Waals surface area contributed by atoms with E-state index in [0.29, 0.717) is 5.92 Å². The summed E-state index contributed by atoms with van der Waals surface area (Å²) >= 11 is 0. The van der Waals surface area contributed by atoms with E-state index in [0.717, 1.165) is 35.4 Å². The van der Waals surface area contributed by atoms with Gasteiger partial charge in [0.25, 0.3) is 0 Å². The standard InChI is InChI=1S/C17H23N5/c1-12-9-20-17(21-12)16-15(18-6-7-19-16)14-3-2-8-22(11-14)10-13-4-5-13/h6-7,9,13-14H,2-5,8,10-11H2,1H3,(H,20,21). The number of imidazole rings is 1. The second-order valence-corrected chi connectivity index (χ2v) is 6.75. The molecule has 2 aromatic heterocycles. The zero-order valence-corrected chi connectivity index (χ0v) is 13.1. The van der Waals surface area contributed by atoms with Crippen LogP contribution in [0.4, 0.5) is 0 Å². The van der Waals surface area contributed by atoms with Gasteiger partial charge in [0.05, 0.1) is 5.69 Å². The zero-order valence-electron chi connectivity index (χ0n) is 13.1. The third kappa shape index (κ3) is 2.90. The lowest BCUT2D eigenvalue weighted by molar-refractivity contribution is 0.199. The van der Waals surface area contributed by atoms with Gasteiger partial charge in [-0.2, -0.15) is 0 Å². The Morgan fingerprint density at radius 1 is 1.18 bits per heavy atom. The number of nitrogens with zero attached hydrogens (tertiary/aromatic N) is 4. The Hall–Kier alpha value is -1.75. The van der Waals surface area contributed by atoms with Crippen LogP contribution in [0.2, 0.25) is 0 Å². The summed E-state index contributed by atoms with van der Waals surface area (Å²) in [5.41, 5.74) is 3.09. The lowest BCUT2D eigenvalue weighted by Gasteiger charge is -2.32. The number of hydrogen-bond acceptors (Lipinski definition) is 4. The van der Waals surface area contributed by atoms with Crippen molar-refractivity contribution in [2.24, 2.45) is 5.92 Å². The minimum absolute atomic E-state index is 0.474. The molecule has 0 amide bonds. The first-order valence-corrected chi connectivity index (χ1v) is 8.35. The lowest BCUT2D eigenvalue weighted by Crippen LogP contribution is -2.36. The van der Waals surface area contributed by atoms with Crippen molar-refractivity contribution in [3.8, 4) is 11.5 Å². The molecule has 1 saturated heterocycles. The predicted molar refractivity (Wildman–Crippen MR) is 85.5 cm³/mol. The summed E-state index contributed by atoms with van der Waals surface area (Å²) in [5.74, 6) is 2.27. The van der Waals surface area contributed by atoms with Gasteiger partial charge in [-0.1, -0.05) is 0 Å². The first-order chi connectivity index (χ1) is 10.8. The SMILES string of the molecule is Cc1cnc(-c2nccnc2C2CCCN(CC3CC3)C2)[nH]1. The van der Waals surface area contributed by atoms with E-state index < -0.39 is 0 Å². The van der Waals surface area contributed by atoms with E-state index in [9.17, 15) is 0 Å². The third-order valence-electron chi connectivity index (χ3n) is 4.76. The summed E-state index contributed by atoms with van der Waals surface area (Å²) in [4.78, 5) is 19.6. The second-order valence-electron chi connectivity index (χ2n) is 6.75. The highest BCUT2D eigenvalue weighted by atomic mass is 15.1. The second kappa shape index (κ2) is 5.80. The van der Waals surface area contributed by atoms with Gasteiger partial charge in [-0.3, -0.25) is 4.98 Å². The van der Waals surface area contributed by atoms with Crippen LogP contribution in [0.25, 0.3) is 11.5 Å². The number of rotatable bonds is 4. The van der Waals surface area contributed by atoms with Crippen LogP contribution < -0.4 is 0 Å². The van der Waals surface area contributed by atoms with Gasteiger partial charge in [0.2, 0.25) is 0 Å². The maximum atomic E-state index is 4.67. The Morgan fingerprint density at radius 2 is 2.05 bits per heavy atom. The van der Waals surface area contributed by atoms with Crippen LogP contribution in [0.5, 0.6) is 0 Å². The normalized spacial score (nSPS) is 22.9. The third-order valence-corrected chi connectivity index (χ3v) is 4.76. The maximum Gasteiger partial charge on any atom is 0.158 e. The summed E-state index contributed by atoms with van der Waals surface area (Å²) in [6, 6.07) is 0. The fourth-order valence-electron chi connectivity index (χ4n) is 3.47. The first-order valence-electron chi connectivity index (χ1n) is 8.35. The van der Waals surface area contributed by atoms with Gasteiger partial charge in [-0.25, -0.2) is 9.97 Å². The molecule has 2 aromatic rings. The monoisotopic (exact) mass is 297 g/mol. The highest BCUT2D eigenvalue weighted by Gasteiger charge is 2.30. The Kier molecular flexibility index (Phi) is 3.66. The topological polar surface area (TPSA) is 57.7 Å². The Morgan fingerprint density at radius 3 is 2.82 bits per heavy atom. The molecule has 1 saturated carbocycles. The predicted octanol–water partition coefficient (Wildman–Crippen LogP) is 2.76. The summed E-state index contributed by atoms with van der Waals surface area (Å²) in [5, 5.41) is 0. The minimum Gasteiger partial charge on any atom is -0.341 e. The number of aromatic amines is 1. The number of likely N-dealkylation sites (tertiary alicyclic amines) is 1. The van der Waals surface area contributed by atoms with E-state index in [-0.39, 0.29) is 0 Å². The summed E-state index contributed by atoms with van der Waals surface area (Å²) in [6.07, 6.45) is 10.7. The fourth-order valence-corrected chi connectivity index (χ4v) is 3.47. The number of aromatic nitrogens is 4. The highest BCUT2D eigenvalue weighted by Crippen LogP contribution is 2.34. The van der Waals surface area contributed by atoms with Crippen molar-refractivity contribution >= 4 is 0 Å². The van der Waals surface area contributed by atoms with E-state index >= 15 is 0 Å². The molecule has 0 bridgehead atoms. The number of aryl methyl sites for hydroxylation is 1. The molecule has 22 heavy (non-hydrogen) atoms. The van der Waals surface area contributed by atoms with Gasteiger partial charge in [0, 0.05) is 43.3 Å². The van der Waals surface area contributed by atoms with Gasteiger partial charge in [-0.05, 0) is 45.1 Å². The van der Waals surface area contributed by atoms with E-state index in [1.165, 1.54) is 38.8 Å². The Balaban J connectivity index is 1.58. The van der Waals surface area contributed by atoms with Crippen LogP contribution in [0.15, 0.2) is 18.6 Å². The molecule has 1 N–H and O–H groups in total. The van der Waals surface area contributed by atoms with Crippen LogP contribution >= 0.6 is 0 Å². The number of nitrogens with one attached hydrogen (secondary N) is 1. The zero-order chi connectivity index (χ0) is 14.9. The molecule has 0 radical (unpaired) electrons. The molecule has 2 fully saturated rings. The average molecular weight is 297 g/mol. The fraction of sp³-hybridized carbons (Fsp3) is 0.588. The largest absolute Gasteiger partial charge is 0.341 e. The van der Waals surface area contributed by atoms with Gasteiger partial charge in [-0.15, -0.1) is 0 Å². The molecular formula is C17H23N5. The number of piperidine rings is 1. The molecule has 1 atom stereocenters. The van der Waals surface area contributed by atoms with Crippen molar-refractivity contribution in [2.75, 3.05) is 19.6 Å². The summed E-state index contributed by atoms with van der Waals surface area (Å²) in [6.45, 7) is 5.64. The molecule has 3 heterocycles. The van der Waals surface area contributed by atoms with Crippen LogP contribution in [0.3, 0.4) is 0 Å². The average Bonchev–Trinajstić information content (AvgIpc) is 3.25. The minimum atomic E-state index is 0.474. The van der Waals surface area contributed by atoms with E-state index in [1.807, 2.05) is 19.3 Å². The molecule has 116 valence electrons.